The minimum Gasteiger partial charge on any atom is -0.379 e. The van der Waals surface area contributed by atoms with Crippen molar-refractivity contribution in [2.75, 3.05) is 44.7 Å². The average Bonchev–Trinajstić information content (AvgIpc) is 3.45. The first-order valence-electron chi connectivity index (χ1n) is 11.4. The highest BCUT2D eigenvalue weighted by atomic mass is 79.9. The highest BCUT2D eigenvalue weighted by molar-refractivity contribution is 9.10. The fourth-order valence-electron chi connectivity index (χ4n) is 5.93. The summed E-state index contributed by atoms with van der Waals surface area (Å²) in [5.74, 6) is -0.175. The molecule has 1 spiro atoms. The molecule has 4 atom stereocenters. The Morgan fingerprint density at radius 1 is 1.03 bits per heavy atom. The number of ether oxygens (including phenoxy) is 1. The van der Waals surface area contributed by atoms with Crippen LogP contribution in [0.15, 0.2) is 40.9 Å². The third-order valence-corrected chi connectivity index (χ3v) is 8.14. The molecular weight excluding hydrogens is 458 g/mol. The maximum atomic E-state index is 13.3. The van der Waals surface area contributed by atoms with Gasteiger partial charge in [-0.25, -0.2) is 0 Å². The topological polar surface area (TPSA) is 70.7 Å². The zero-order chi connectivity index (χ0) is 21.4. The summed E-state index contributed by atoms with van der Waals surface area (Å²) in [7, 11) is 0. The molecule has 2 amide bonds. The van der Waals surface area contributed by atoms with Crippen LogP contribution in [0.25, 0.3) is 0 Å². The van der Waals surface area contributed by atoms with Gasteiger partial charge in [0, 0.05) is 29.8 Å². The number of carbonyl (C=O) groups is 2. The summed E-state index contributed by atoms with van der Waals surface area (Å²) in [6.07, 6.45) is 7.57. The number of morpholine rings is 1. The van der Waals surface area contributed by atoms with Crippen LogP contribution >= 0.6 is 15.9 Å². The van der Waals surface area contributed by atoms with Gasteiger partial charge in [0.2, 0.25) is 11.8 Å². The number of nitrogens with zero attached hydrogens (tertiary/aromatic N) is 1. The van der Waals surface area contributed by atoms with Crippen LogP contribution < -0.4 is 10.6 Å². The summed E-state index contributed by atoms with van der Waals surface area (Å²) in [6, 6.07) is 7.60. The van der Waals surface area contributed by atoms with Gasteiger partial charge in [-0.3, -0.25) is 14.5 Å². The lowest BCUT2D eigenvalue weighted by atomic mass is 9.81. The molecule has 3 aliphatic carbocycles. The molecule has 0 unspecified atom stereocenters. The summed E-state index contributed by atoms with van der Waals surface area (Å²) in [6.45, 7) is 5.14. The molecule has 0 radical (unpaired) electrons. The predicted molar refractivity (Wildman–Crippen MR) is 122 cm³/mol. The number of carbonyl (C=O) groups excluding carboxylic acids is 2. The highest BCUT2D eigenvalue weighted by Crippen LogP contribution is 2.72. The van der Waals surface area contributed by atoms with Gasteiger partial charge in [-0.05, 0) is 67.3 Å². The first-order chi connectivity index (χ1) is 15.1. The molecule has 1 heterocycles. The Hall–Kier alpha value is -1.70. The van der Waals surface area contributed by atoms with E-state index < -0.39 is 0 Å². The van der Waals surface area contributed by atoms with Crippen LogP contribution in [0.2, 0.25) is 0 Å². The summed E-state index contributed by atoms with van der Waals surface area (Å²) < 4.78 is 6.36. The monoisotopic (exact) mass is 487 g/mol. The number of amides is 2. The summed E-state index contributed by atoms with van der Waals surface area (Å²) >= 11 is 3.43. The van der Waals surface area contributed by atoms with Crippen LogP contribution in [-0.2, 0) is 14.3 Å². The summed E-state index contributed by atoms with van der Waals surface area (Å²) in [5, 5.41) is 6.22. The zero-order valence-corrected chi connectivity index (χ0v) is 19.3. The van der Waals surface area contributed by atoms with E-state index in [4.69, 9.17) is 4.74 Å². The Balaban J connectivity index is 1.22. The molecule has 6 nitrogen and oxygen atoms in total. The fraction of sp³-hybridized carbons (Fsp3) is 0.583. The van der Waals surface area contributed by atoms with E-state index in [0.717, 1.165) is 62.3 Å². The number of allylic oxidation sites excluding steroid dienone is 2. The van der Waals surface area contributed by atoms with Crippen molar-refractivity contribution >= 4 is 33.4 Å². The van der Waals surface area contributed by atoms with Crippen LogP contribution in [0.4, 0.5) is 5.69 Å². The number of hydrogen-bond donors (Lipinski definition) is 2. The van der Waals surface area contributed by atoms with Gasteiger partial charge in [0.25, 0.3) is 0 Å². The van der Waals surface area contributed by atoms with E-state index in [0.29, 0.717) is 6.54 Å². The van der Waals surface area contributed by atoms with Crippen molar-refractivity contribution in [1.29, 1.82) is 0 Å². The molecule has 166 valence electrons. The second-order valence-electron chi connectivity index (χ2n) is 9.32. The van der Waals surface area contributed by atoms with E-state index in [9.17, 15) is 9.59 Å². The van der Waals surface area contributed by atoms with Gasteiger partial charge in [0.05, 0.1) is 25.0 Å². The van der Waals surface area contributed by atoms with Gasteiger partial charge in [0.1, 0.15) is 0 Å². The predicted octanol–water partition coefficient (Wildman–Crippen LogP) is 3.05. The molecule has 2 saturated carbocycles. The fourth-order valence-corrected chi connectivity index (χ4v) is 6.19. The quantitative estimate of drug-likeness (QED) is 0.457. The lowest BCUT2D eigenvalue weighted by Gasteiger charge is -2.27. The molecule has 4 aliphatic rings. The third-order valence-electron chi connectivity index (χ3n) is 7.61. The maximum Gasteiger partial charge on any atom is 0.228 e. The Morgan fingerprint density at radius 2 is 1.68 bits per heavy atom. The number of rotatable bonds is 7. The van der Waals surface area contributed by atoms with Crippen molar-refractivity contribution in [2.24, 2.45) is 29.1 Å². The molecule has 1 aliphatic heterocycles. The lowest BCUT2D eigenvalue weighted by Crippen LogP contribution is -2.43. The Bertz CT molecular complexity index is 861. The lowest BCUT2D eigenvalue weighted by molar-refractivity contribution is -0.132. The molecule has 0 aromatic heterocycles. The largest absolute Gasteiger partial charge is 0.379 e. The number of nitrogens with one attached hydrogen (secondary N) is 2. The normalized spacial score (nSPS) is 30.5. The molecule has 31 heavy (non-hydrogen) atoms. The molecule has 1 aromatic carbocycles. The number of halogens is 1. The second-order valence-corrected chi connectivity index (χ2v) is 10.2. The minimum absolute atomic E-state index is 0.0288. The molecule has 2 bridgehead atoms. The van der Waals surface area contributed by atoms with Crippen molar-refractivity contribution in [1.82, 2.24) is 10.2 Å². The molecule has 1 aromatic rings. The van der Waals surface area contributed by atoms with E-state index in [1.54, 1.807) is 0 Å². The molecule has 3 fully saturated rings. The standard InChI is InChI=1S/C24H30BrN3O3/c25-16-2-4-17(5-3-16)27-23(30)21-19-7-6-18(24(19)8-9-24)20(21)22(29)26-10-1-11-28-12-14-31-15-13-28/h2-7,18-21H,1,8-15H2,(H,26,29)(H,27,30)/t18-,19+,20-,21-/m1/s1. The van der Waals surface area contributed by atoms with Gasteiger partial charge in [-0.15, -0.1) is 0 Å². The highest BCUT2D eigenvalue weighted by Gasteiger charge is 2.69. The second kappa shape index (κ2) is 8.68. The molecule has 5 rings (SSSR count). The van der Waals surface area contributed by atoms with E-state index >= 15 is 0 Å². The van der Waals surface area contributed by atoms with Crippen LogP contribution in [0.3, 0.4) is 0 Å². The Kier molecular flexibility index (Phi) is 5.92. The third kappa shape index (κ3) is 4.08. The molecule has 1 saturated heterocycles. The van der Waals surface area contributed by atoms with Gasteiger partial charge < -0.3 is 15.4 Å². The molecule has 7 heteroatoms. The van der Waals surface area contributed by atoms with E-state index in [2.05, 4.69) is 43.6 Å². The van der Waals surface area contributed by atoms with Crippen LogP contribution in [-0.4, -0.2) is 56.1 Å². The molecular formula is C24H30BrN3O3. The zero-order valence-electron chi connectivity index (χ0n) is 17.7. The van der Waals surface area contributed by atoms with Gasteiger partial charge >= 0.3 is 0 Å². The van der Waals surface area contributed by atoms with E-state index in [-0.39, 0.29) is 40.9 Å². The number of hydrogen-bond acceptors (Lipinski definition) is 4. The van der Waals surface area contributed by atoms with E-state index in [1.165, 1.54) is 0 Å². The van der Waals surface area contributed by atoms with Crippen molar-refractivity contribution in [3.05, 3.63) is 40.9 Å². The number of anilines is 1. The van der Waals surface area contributed by atoms with Gasteiger partial charge in [0.15, 0.2) is 0 Å². The van der Waals surface area contributed by atoms with Crippen molar-refractivity contribution in [3.8, 4) is 0 Å². The minimum atomic E-state index is -0.291. The first kappa shape index (κ1) is 21.2. The average molecular weight is 488 g/mol. The van der Waals surface area contributed by atoms with Crippen LogP contribution in [0.5, 0.6) is 0 Å². The Morgan fingerprint density at radius 3 is 2.32 bits per heavy atom. The van der Waals surface area contributed by atoms with Crippen molar-refractivity contribution in [3.63, 3.8) is 0 Å². The van der Waals surface area contributed by atoms with Crippen LogP contribution in [0, 0.1) is 29.1 Å². The summed E-state index contributed by atoms with van der Waals surface area (Å²) in [5.41, 5.74) is 0.923. The maximum absolute atomic E-state index is 13.3. The molecule has 2 N–H and O–H groups in total. The van der Waals surface area contributed by atoms with Crippen molar-refractivity contribution in [2.45, 2.75) is 19.3 Å². The van der Waals surface area contributed by atoms with Crippen molar-refractivity contribution < 1.29 is 14.3 Å². The number of benzene rings is 1. The van der Waals surface area contributed by atoms with Gasteiger partial charge in [-0.1, -0.05) is 28.1 Å². The summed E-state index contributed by atoms with van der Waals surface area (Å²) in [4.78, 5) is 28.9. The van der Waals surface area contributed by atoms with Crippen LogP contribution in [0.1, 0.15) is 19.3 Å². The van der Waals surface area contributed by atoms with E-state index in [1.807, 2.05) is 24.3 Å². The SMILES string of the molecule is O=C(NCCCN1CCOCC1)[C@H]1[C@H](C(=O)Nc2ccc(Br)cc2)[C@@H]2C=C[C@H]1C21CC1. The Labute approximate surface area is 191 Å². The van der Waals surface area contributed by atoms with Gasteiger partial charge in [-0.2, -0.15) is 0 Å². The smallest absolute Gasteiger partial charge is 0.228 e. The first-order valence-corrected chi connectivity index (χ1v) is 12.2.